The highest BCUT2D eigenvalue weighted by Gasteiger charge is 2.95. The van der Waals surface area contributed by atoms with Crippen LogP contribution in [-0.2, 0) is 19.1 Å². The molecule has 1 unspecified atom stereocenters. The predicted molar refractivity (Wildman–Crippen MR) is 215 cm³/mol. The Balaban J connectivity index is 4.15. The molecule has 0 saturated carbocycles. The lowest BCUT2D eigenvalue weighted by atomic mass is 9.88. The number of alkyl halides is 17. The maximum atomic E-state index is 14.0. The third kappa shape index (κ3) is 20.0. The first-order valence-electron chi connectivity index (χ1n) is 23.3. The van der Waals surface area contributed by atoms with Crippen LogP contribution in [0.1, 0.15) is 200 Å². The van der Waals surface area contributed by atoms with E-state index in [1.54, 1.807) is 0 Å². The quantitative estimate of drug-likeness (QED) is 0.0375. The molecule has 22 heteroatoms. The monoisotopic (exact) mass is 1000 g/mol. The van der Waals surface area contributed by atoms with E-state index in [0.29, 0.717) is 32.3 Å². The first-order chi connectivity index (χ1) is 30.5. The molecule has 0 aliphatic carbocycles. The third-order valence-electron chi connectivity index (χ3n) is 11.4. The van der Waals surface area contributed by atoms with Gasteiger partial charge in [-0.1, -0.05) is 167 Å². The zero-order valence-electron chi connectivity index (χ0n) is 37.8. The first kappa shape index (κ1) is 63.7. The van der Waals surface area contributed by atoms with Crippen LogP contribution >= 0.6 is 0 Å². The fraction of sp³-hybridized carbons (Fsp3) is 0.955. The van der Waals surface area contributed by atoms with Crippen molar-refractivity contribution >= 4 is 11.9 Å². The van der Waals surface area contributed by atoms with Crippen molar-refractivity contribution in [3.63, 3.8) is 0 Å². The summed E-state index contributed by atoms with van der Waals surface area (Å²) >= 11 is 0. The molecule has 0 bridgehead atoms. The maximum absolute atomic E-state index is 14.0. The van der Waals surface area contributed by atoms with Gasteiger partial charge in [-0.15, -0.1) is 0 Å². The molecule has 0 aromatic carbocycles. The number of halogens is 17. The summed E-state index contributed by atoms with van der Waals surface area (Å²) in [7, 11) is 0. The van der Waals surface area contributed by atoms with Gasteiger partial charge in [0.2, 0.25) is 0 Å². The molecule has 0 rings (SSSR count). The highest BCUT2D eigenvalue weighted by molar-refractivity contribution is 5.75. The average molecular weight is 1000 g/mol. The van der Waals surface area contributed by atoms with Crippen molar-refractivity contribution in [2.45, 2.75) is 253 Å². The summed E-state index contributed by atoms with van der Waals surface area (Å²) in [5, 5.41) is 0. The second-order valence-corrected chi connectivity index (χ2v) is 17.1. The molecule has 0 saturated heterocycles. The SMILES string of the molecule is CCCCCCCCCCCCCCCCCCCCCCOC(=O)CCCCCCCCCC(N)C(=O)OCCC(F)(F)C(F)(F)C(F)(F)C(F)(F)C(F)(F)C(F)(F)C(F)(F)C(F)(F)F. The van der Waals surface area contributed by atoms with E-state index in [-0.39, 0.29) is 25.2 Å². The van der Waals surface area contributed by atoms with E-state index in [0.717, 1.165) is 32.1 Å². The zero-order valence-corrected chi connectivity index (χ0v) is 37.8. The summed E-state index contributed by atoms with van der Waals surface area (Å²) in [6, 6.07) is -1.61. The van der Waals surface area contributed by atoms with Crippen molar-refractivity contribution in [1.82, 2.24) is 0 Å². The number of hydrogen-bond acceptors (Lipinski definition) is 5. The van der Waals surface area contributed by atoms with Crippen LogP contribution in [0.4, 0.5) is 74.6 Å². The standard InChI is InChI=1S/C44H70F17NO4/c1-2-3-4-5-6-7-8-9-10-11-12-13-14-15-16-17-18-22-25-28-32-65-35(63)30-27-24-21-19-20-23-26-29-34(62)36(64)66-33-31-37(45,46)38(47,48)39(49,50)40(51,52)41(53,54)42(55,56)43(57,58)44(59,60)61/h34H,2-33,62H2,1H3. The van der Waals surface area contributed by atoms with E-state index < -0.39 is 72.7 Å². The van der Waals surface area contributed by atoms with Crippen LogP contribution in [0, 0.1) is 0 Å². The average Bonchev–Trinajstić information content (AvgIpc) is 3.22. The molecule has 0 heterocycles. The van der Waals surface area contributed by atoms with E-state index in [1.807, 2.05) is 0 Å². The molecule has 0 fully saturated rings. The van der Waals surface area contributed by atoms with Crippen LogP contribution < -0.4 is 5.73 Å². The fourth-order valence-corrected chi connectivity index (χ4v) is 6.99. The lowest BCUT2D eigenvalue weighted by Crippen LogP contribution is -2.74. The molecular formula is C44H70F17NO4. The Morgan fingerprint density at radius 2 is 0.712 bits per heavy atom. The summed E-state index contributed by atoms with van der Waals surface area (Å²) in [6.07, 6.45) is 18.8. The summed E-state index contributed by atoms with van der Waals surface area (Å²) in [5.41, 5.74) is 5.49. The summed E-state index contributed by atoms with van der Waals surface area (Å²) < 4.78 is 237. The Morgan fingerprint density at radius 3 is 1.09 bits per heavy atom. The number of unbranched alkanes of at least 4 members (excludes halogenated alkanes) is 25. The van der Waals surface area contributed by atoms with Crippen molar-refractivity contribution in [2.24, 2.45) is 5.73 Å². The number of hydrogen-bond donors (Lipinski definition) is 1. The minimum absolute atomic E-state index is 0.188. The minimum Gasteiger partial charge on any atom is -0.466 e. The molecule has 5 nitrogen and oxygen atoms in total. The Labute approximate surface area is 377 Å². The van der Waals surface area contributed by atoms with Gasteiger partial charge in [0.25, 0.3) is 0 Å². The van der Waals surface area contributed by atoms with Gasteiger partial charge in [-0.2, -0.15) is 74.6 Å². The molecule has 0 amide bonds. The van der Waals surface area contributed by atoms with Crippen molar-refractivity contribution in [1.29, 1.82) is 0 Å². The molecular weight excluding hydrogens is 929 g/mol. The Hall–Kier alpha value is -2.29. The molecule has 0 aromatic heterocycles. The molecule has 394 valence electrons. The summed E-state index contributed by atoms with van der Waals surface area (Å²) in [6.45, 7) is 0.588. The number of carbonyl (C=O) groups excluding carboxylic acids is 2. The van der Waals surface area contributed by atoms with Crippen molar-refractivity contribution < 1.29 is 93.7 Å². The van der Waals surface area contributed by atoms with Crippen molar-refractivity contribution in [2.75, 3.05) is 13.2 Å². The first-order valence-corrected chi connectivity index (χ1v) is 23.3. The number of ether oxygens (including phenoxy) is 2. The van der Waals surface area contributed by atoms with Crippen LogP contribution in [0.2, 0.25) is 0 Å². The molecule has 0 aliphatic heterocycles. The fourth-order valence-electron chi connectivity index (χ4n) is 6.99. The normalized spacial score (nSPS) is 14.2. The third-order valence-corrected chi connectivity index (χ3v) is 11.4. The van der Waals surface area contributed by atoms with Gasteiger partial charge in [-0.25, -0.2) is 0 Å². The van der Waals surface area contributed by atoms with E-state index in [1.165, 1.54) is 109 Å². The molecule has 0 aliphatic rings. The summed E-state index contributed by atoms with van der Waals surface area (Å²) in [4.78, 5) is 23.9. The van der Waals surface area contributed by atoms with Gasteiger partial charge >= 0.3 is 59.6 Å². The number of rotatable bonds is 41. The van der Waals surface area contributed by atoms with Crippen LogP contribution in [0.15, 0.2) is 0 Å². The van der Waals surface area contributed by atoms with Crippen LogP contribution in [0.5, 0.6) is 0 Å². The van der Waals surface area contributed by atoms with Crippen LogP contribution in [0.25, 0.3) is 0 Å². The molecule has 1 atom stereocenters. The molecule has 66 heavy (non-hydrogen) atoms. The van der Waals surface area contributed by atoms with Crippen LogP contribution in [-0.4, -0.2) is 78.8 Å². The molecule has 2 N–H and O–H groups in total. The predicted octanol–water partition coefficient (Wildman–Crippen LogP) is 16.1. The topological polar surface area (TPSA) is 78.6 Å². The second-order valence-electron chi connectivity index (χ2n) is 17.1. The van der Waals surface area contributed by atoms with Crippen LogP contribution in [0.3, 0.4) is 0 Å². The minimum atomic E-state index is -8.71. The Morgan fingerprint density at radius 1 is 0.394 bits per heavy atom. The number of nitrogens with two attached hydrogens (primary N) is 1. The maximum Gasteiger partial charge on any atom is 0.460 e. The van der Waals surface area contributed by atoms with E-state index in [9.17, 15) is 84.2 Å². The highest BCUT2D eigenvalue weighted by Crippen LogP contribution is 2.64. The smallest absolute Gasteiger partial charge is 0.460 e. The zero-order chi connectivity index (χ0) is 50.8. The Kier molecular flexibility index (Phi) is 29.3. The summed E-state index contributed by atoms with van der Waals surface area (Å²) in [5.74, 6) is -58.9. The van der Waals surface area contributed by atoms with Gasteiger partial charge in [0.05, 0.1) is 19.6 Å². The van der Waals surface area contributed by atoms with Gasteiger partial charge in [0, 0.05) is 6.42 Å². The van der Waals surface area contributed by atoms with E-state index in [2.05, 4.69) is 11.7 Å². The lowest BCUT2D eigenvalue weighted by Gasteiger charge is -2.42. The van der Waals surface area contributed by atoms with Crippen molar-refractivity contribution in [3.05, 3.63) is 0 Å². The second kappa shape index (κ2) is 30.3. The highest BCUT2D eigenvalue weighted by atomic mass is 19.4. The molecule has 0 radical (unpaired) electrons. The number of carbonyl (C=O) groups is 2. The van der Waals surface area contributed by atoms with Crippen molar-refractivity contribution in [3.8, 4) is 0 Å². The van der Waals surface area contributed by atoms with Gasteiger partial charge in [0.15, 0.2) is 0 Å². The molecule has 0 spiro atoms. The largest absolute Gasteiger partial charge is 0.466 e. The van der Waals surface area contributed by atoms with E-state index >= 15 is 0 Å². The van der Waals surface area contributed by atoms with Gasteiger partial charge in [-0.05, 0) is 19.3 Å². The number of esters is 2. The van der Waals surface area contributed by atoms with E-state index in [4.69, 9.17) is 10.5 Å². The van der Waals surface area contributed by atoms with Gasteiger partial charge < -0.3 is 15.2 Å². The van der Waals surface area contributed by atoms with Gasteiger partial charge in [-0.3, -0.25) is 9.59 Å². The lowest BCUT2D eigenvalue weighted by molar-refractivity contribution is -0.461. The Bertz CT molecular complexity index is 1320. The van der Waals surface area contributed by atoms with Gasteiger partial charge in [0.1, 0.15) is 6.04 Å². The molecule has 0 aromatic rings.